The lowest BCUT2D eigenvalue weighted by Crippen LogP contribution is -2.33. The monoisotopic (exact) mass is 441 g/mol. The Morgan fingerprint density at radius 2 is 1.06 bits per heavy atom. The molecular weight excluding hydrogens is 390 g/mol. The van der Waals surface area contributed by atoms with Crippen molar-refractivity contribution in [2.75, 3.05) is 19.8 Å². The van der Waals surface area contributed by atoms with Gasteiger partial charge in [0.25, 0.3) is 0 Å². The quantitative estimate of drug-likeness (QED) is 0.156. The van der Waals surface area contributed by atoms with Crippen LogP contribution in [0.5, 0.6) is 0 Å². The van der Waals surface area contributed by atoms with E-state index < -0.39 is 12.1 Å². The van der Waals surface area contributed by atoms with Crippen molar-refractivity contribution in [1.29, 1.82) is 0 Å². The number of amides is 1. The van der Waals surface area contributed by atoms with E-state index in [2.05, 4.69) is 12.2 Å². The summed E-state index contributed by atoms with van der Waals surface area (Å²) in [4.78, 5) is 23.1. The molecule has 0 aliphatic carbocycles. The number of hydrogen-bond acceptors (Lipinski definition) is 4. The maximum atomic E-state index is 11.6. The fraction of sp³-hybridized carbons (Fsp3) is 0.923. The van der Waals surface area contributed by atoms with Gasteiger partial charge in [-0.2, -0.15) is 0 Å². The first kappa shape index (κ1) is 29.7. The number of carbonyl (C=O) groups excluding carboxylic acids is 2. The average molecular weight is 442 g/mol. The van der Waals surface area contributed by atoms with Gasteiger partial charge in [-0.3, -0.25) is 4.79 Å². The van der Waals surface area contributed by atoms with Gasteiger partial charge in [0.2, 0.25) is 0 Å². The van der Waals surface area contributed by atoms with Crippen molar-refractivity contribution in [3.05, 3.63) is 0 Å². The average Bonchev–Trinajstić information content (AvgIpc) is 2.72. The Labute approximate surface area is 192 Å². The Kier molecular flexibility index (Phi) is 19.8. The van der Waals surface area contributed by atoms with E-state index in [0.29, 0.717) is 13.2 Å². The number of rotatable bonds is 20. The second-order valence-electron chi connectivity index (χ2n) is 10.0. The van der Waals surface area contributed by atoms with Crippen LogP contribution in [0.3, 0.4) is 0 Å². The second-order valence-corrected chi connectivity index (χ2v) is 10.0. The molecule has 31 heavy (non-hydrogen) atoms. The third kappa shape index (κ3) is 24.9. The van der Waals surface area contributed by atoms with Crippen LogP contribution in [0.4, 0.5) is 4.79 Å². The first-order valence-electron chi connectivity index (χ1n) is 12.9. The molecule has 0 saturated carbocycles. The molecule has 0 aromatic carbocycles. The van der Waals surface area contributed by atoms with E-state index in [1.165, 1.54) is 89.9 Å². The molecule has 0 spiro atoms. The predicted octanol–water partition coefficient (Wildman–Crippen LogP) is 7.56. The lowest BCUT2D eigenvalue weighted by Gasteiger charge is -2.17. The standard InChI is InChI=1S/C26H51NO4/c1-5-6-7-8-9-10-11-12-13-14-15-16-17-18-19-20-21-30-24(28)22-27-25(29)31-23-26(2,3)4/h5-23H2,1-4H3,(H,27,29). The Hall–Kier alpha value is -1.26. The highest BCUT2D eigenvalue weighted by Crippen LogP contribution is 2.14. The molecule has 5 nitrogen and oxygen atoms in total. The molecule has 1 amide bonds. The molecule has 0 bridgehead atoms. The largest absolute Gasteiger partial charge is 0.464 e. The van der Waals surface area contributed by atoms with Gasteiger partial charge in [0.1, 0.15) is 6.54 Å². The summed E-state index contributed by atoms with van der Waals surface area (Å²) in [5.41, 5.74) is -0.0922. The zero-order chi connectivity index (χ0) is 23.2. The van der Waals surface area contributed by atoms with E-state index >= 15 is 0 Å². The SMILES string of the molecule is CCCCCCCCCCCCCCCCCCOC(=O)CNC(=O)OCC(C)(C)C. The summed E-state index contributed by atoms with van der Waals surface area (Å²) < 4.78 is 10.2. The van der Waals surface area contributed by atoms with Gasteiger partial charge in [0, 0.05) is 0 Å². The van der Waals surface area contributed by atoms with Gasteiger partial charge in [-0.15, -0.1) is 0 Å². The molecule has 0 unspecified atom stereocenters. The van der Waals surface area contributed by atoms with Crippen molar-refractivity contribution in [3.8, 4) is 0 Å². The Balaban J connectivity index is 3.27. The highest BCUT2D eigenvalue weighted by Gasteiger charge is 2.14. The number of carbonyl (C=O) groups is 2. The van der Waals surface area contributed by atoms with Gasteiger partial charge < -0.3 is 14.8 Å². The molecule has 0 radical (unpaired) electrons. The summed E-state index contributed by atoms with van der Waals surface area (Å²) in [5.74, 6) is -0.409. The number of ether oxygens (including phenoxy) is 2. The van der Waals surface area contributed by atoms with Crippen molar-refractivity contribution in [1.82, 2.24) is 5.32 Å². The third-order valence-corrected chi connectivity index (χ3v) is 5.27. The summed E-state index contributed by atoms with van der Waals surface area (Å²) in [6.07, 6.45) is 20.6. The molecule has 0 aliphatic heterocycles. The highest BCUT2D eigenvalue weighted by molar-refractivity contribution is 5.77. The summed E-state index contributed by atoms with van der Waals surface area (Å²) in [6.45, 7) is 8.81. The molecule has 0 saturated heterocycles. The number of unbranched alkanes of at least 4 members (excludes halogenated alkanes) is 15. The van der Waals surface area contributed by atoms with E-state index in [0.717, 1.165) is 12.8 Å². The Bertz CT molecular complexity index is 432. The summed E-state index contributed by atoms with van der Waals surface area (Å²) in [6, 6.07) is 0. The van der Waals surface area contributed by atoms with E-state index in [4.69, 9.17) is 9.47 Å². The van der Waals surface area contributed by atoms with Crippen molar-refractivity contribution in [2.24, 2.45) is 5.41 Å². The molecule has 0 aromatic rings. The molecule has 0 aromatic heterocycles. The lowest BCUT2D eigenvalue weighted by molar-refractivity contribution is -0.142. The summed E-state index contributed by atoms with van der Waals surface area (Å²) in [5, 5.41) is 2.43. The molecule has 1 N–H and O–H groups in total. The highest BCUT2D eigenvalue weighted by atomic mass is 16.6. The van der Waals surface area contributed by atoms with E-state index in [1.807, 2.05) is 20.8 Å². The minimum atomic E-state index is -0.575. The van der Waals surface area contributed by atoms with Crippen LogP contribution in [0, 0.1) is 5.41 Å². The maximum Gasteiger partial charge on any atom is 0.407 e. The molecule has 5 heteroatoms. The smallest absolute Gasteiger partial charge is 0.407 e. The number of nitrogens with one attached hydrogen (secondary N) is 1. The van der Waals surface area contributed by atoms with Crippen molar-refractivity contribution in [3.63, 3.8) is 0 Å². The Morgan fingerprint density at radius 1 is 0.645 bits per heavy atom. The third-order valence-electron chi connectivity index (χ3n) is 5.27. The van der Waals surface area contributed by atoms with Crippen LogP contribution in [0.25, 0.3) is 0 Å². The van der Waals surface area contributed by atoms with E-state index in [9.17, 15) is 9.59 Å². The van der Waals surface area contributed by atoms with Crippen LogP contribution < -0.4 is 5.32 Å². The fourth-order valence-corrected chi connectivity index (χ4v) is 3.36. The van der Waals surface area contributed by atoms with Crippen LogP contribution in [-0.2, 0) is 14.3 Å². The molecule has 0 fully saturated rings. The van der Waals surface area contributed by atoms with Crippen molar-refractivity contribution in [2.45, 2.75) is 130 Å². The second kappa shape index (κ2) is 20.6. The molecule has 0 atom stereocenters. The van der Waals surface area contributed by atoms with Crippen LogP contribution in [-0.4, -0.2) is 31.8 Å². The fourth-order valence-electron chi connectivity index (χ4n) is 3.36. The van der Waals surface area contributed by atoms with Crippen LogP contribution in [0.2, 0.25) is 0 Å². The zero-order valence-corrected chi connectivity index (χ0v) is 21.1. The summed E-state index contributed by atoms with van der Waals surface area (Å²) in [7, 11) is 0. The lowest BCUT2D eigenvalue weighted by atomic mass is 9.99. The van der Waals surface area contributed by atoms with E-state index in [1.54, 1.807) is 0 Å². The number of alkyl carbamates (subject to hydrolysis) is 1. The summed E-state index contributed by atoms with van der Waals surface area (Å²) >= 11 is 0. The minimum Gasteiger partial charge on any atom is -0.464 e. The van der Waals surface area contributed by atoms with Gasteiger partial charge in [0.05, 0.1) is 13.2 Å². The molecule has 0 aliphatic rings. The first-order valence-corrected chi connectivity index (χ1v) is 12.9. The van der Waals surface area contributed by atoms with Crippen LogP contribution >= 0.6 is 0 Å². The topological polar surface area (TPSA) is 64.6 Å². The van der Waals surface area contributed by atoms with Gasteiger partial charge in [-0.1, -0.05) is 124 Å². The van der Waals surface area contributed by atoms with Crippen molar-refractivity contribution < 1.29 is 19.1 Å². The van der Waals surface area contributed by atoms with Crippen LogP contribution in [0.1, 0.15) is 130 Å². The van der Waals surface area contributed by atoms with Gasteiger partial charge in [0.15, 0.2) is 0 Å². The normalized spacial score (nSPS) is 11.4. The maximum absolute atomic E-state index is 11.6. The minimum absolute atomic E-state index is 0.0922. The van der Waals surface area contributed by atoms with Gasteiger partial charge in [-0.05, 0) is 11.8 Å². The van der Waals surface area contributed by atoms with Gasteiger partial charge in [-0.25, -0.2) is 4.79 Å². The van der Waals surface area contributed by atoms with Crippen molar-refractivity contribution >= 4 is 12.1 Å². The van der Waals surface area contributed by atoms with Crippen LogP contribution in [0.15, 0.2) is 0 Å². The Morgan fingerprint density at radius 3 is 1.48 bits per heavy atom. The molecule has 0 heterocycles. The molecular formula is C26H51NO4. The predicted molar refractivity (Wildman–Crippen MR) is 129 cm³/mol. The number of hydrogen-bond donors (Lipinski definition) is 1. The number of esters is 1. The molecule has 0 rings (SSSR count). The first-order chi connectivity index (χ1) is 14.8. The van der Waals surface area contributed by atoms with E-state index in [-0.39, 0.29) is 12.0 Å². The molecule has 184 valence electrons. The van der Waals surface area contributed by atoms with Gasteiger partial charge >= 0.3 is 12.1 Å². The zero-order valence-electron chi connectivity index (χ0n) is 21.1.